The fourth-order valence-electron chi connectivity index (χ4n) is 5.79. The third-order valence-corrected chi connectivity index (χ3v) is 8.30. The first-order valence-electron chi connectivity index (χ1n) is 16.5. The van der Waals surface area contributed by atoms with Gasteiger partial charge in [-0.1, -0.05) is 18.2 Å². The summed E-state index contributed by atoms with van der Waals surface area (Å²) in [7, 11) is 4.52. The lowest BCUT2D eigenvalue weighted by Crippen LogP contribution is -2.48. The number of nitrogens with one attached hydrogen (secondary N) is 3. The molecule has 5 N–H and O–H groups in total. The van der Waals surface area contributed by atoms with Crippen LogP contribution in [-0.2, 0) is 28.6 Å². The van der Waals surface area contributed by atoms with E-state index in [0.29, 0.717) is 43.5 Å². The summed E-state index contributed by atoms with van der Waals surface area (Å²) < 4.78 is 21.7. The van der Waals surface area contributed by atoms with Crippen LogP contribution in [0.3, 0.4) is 0 Å². The minimum atomic E-state index is -0.985. The molecule has 1 heterocycles. The predicted molar refractivity (Wildman–Crippen MR) is 182 cm³/mol. The number of allylic oxidation sites excluding steroid dienone is 4. The summed E-state index contributed by atoms with van der Waals surface area (Å²) in [5.74, 6) is -0.526. The van der Waals surface area contributed by atoms with Crippen LogP contribution in [-0.4, -0.2) is 94.2 Å². The maximum absolute atomic E-state index is 13.8. The normalized spacial score (nSPS) is 21.1. The summed E-state index contributed by atoms with van der Waals surface area (Å²) in [4.78, 5) is 53.3. The van der Waals surface area contributed by atoms with Crippen LogP contribution in [0.5, 0.6) is 5.75 Å². The molecule has 4 atom stereocenters. The second-order valence-electron chi connectivity index (χ2n) is 13.2. The second-order valence-corrected chi connectivity index (χ2v) is 13.2. The summed E-state index contributed by atoms with van der Waals surface area (Å²) in [5, 5.41) is 8.71. The van der Waals surface area contributed by atoms with E-state index in [0.717, 1.165) is 23.1 Å². The molecule has 0 fully saturated rings. The van der Waals surface area contributed by atoms with Gasteiger partial charge in [0.05, 0.1) is 33.6 Å². The third-order valence-electron chi connectivity index (χ3n) is 8.30. The van der Waals surface area contributed by atoms with Gasteiger partial charge in [-0.05, 0) is 94.6 Å². The molecule has 1 aliphatic heterocycles. The molecule has 3 rings (SSSR count). The molecule has 3 amide bonds. The number of ether oxygens (including phenoxy) is 4. The SMILES string of the molecule is COC(=O)[C@@H]1CC2C=C(C(C)=CC2)c2cc(ccc2OC)C(N(C)C(=O)C(N)CCCCNC(=O)OC(C)(C)C)C(=O)NCCOCN1. The van der Waals surface area contributed by atoms with Crippen LogP contribution < -0.4 is 26.4 Å². The molecule has 0 spiro atoms. The first kappa shape index (κ1) is 38.5. The fourth-order valence-corrected chi connectivity index (χ4v) is 5.79. The number of nitrogens with zero attached hydrogens (tertiary/aromatic N) is 1. The molecule has 1 aromatic carbocycles. The molecule has 266 valence electrons. The molecule has 1 aromatic rings. The van der Waals surface area contributed by atoms with E-state index in [1.165, 1.54) is 12.0 Å². The third kappa shape index (κ3) is 11.1. The number of nitrogens with two attached hydrogens (primary N) is 1. The van der Waals surface area contributed by atoms with Gasteiger partial charge in [0, 0.05) is 25.7 Å². The highest BCUT2D eigenvalue weighted by Gasteiger charge is 2.33. The number of methoxy groups -OCH3 is 2. The summed E-state index contributed by atoms with van der Waals surface area (Å²) >= 11 is 0. The number of amides is 3. The number of esters is 1. The van der Waals surface area contributed by atoms with Gasteiger partial charge in [-0.2, -0.15) is 0 Å². The van der Waals surface area contributed by atoms with E-state index in [-0.39, 0.29) is 37.7 Å². The Balaban J connectivity index is 1.86. The maximum Gasteiger partial charge on any atom is 0.407 e. The number of carbonyl (C=O) groups is 4. The van der Waals surface area contributed by atoms with E-state index >= 15 is 0 Å². The van der Waals surface area contributed by atoms with Crippen molar-refractivity contribution in [2.75, 3.05) is 47.7 Å². The zero-order chi connectivity index (χ0) is 35.4. The summed E-state index contributed by atoms with van der Waals surface area (Å²) in [5.41, 5.74) is 9.08. The number of carbonyl (C=O) groups excluding carboxylic acids is 4. The van der Waals surface area contributed by atoms with Gasteiger partial charge in [0.15, 0.2) is 0 Å². The Kier molecular flexibility index (Phi) is 14.4. The molecule has 2 aliphatic rings. The molecule has 1 aliphatic carbocycles. The van der Waals surface area contributed by atoms with Gasteiger partial charge < -0.3 is 40.2 Å². The van der Waals surface area contributed by atoms with E-state index in [1.54, 1.807) is 47.1 Å². The van der Waals surface area contributed by atoms with Crippen LogP contribution in [0.15, 0.2) is 35.9 Å². The van der Waals surface area contributed by atoms with E-state index in [4.69, 9.17) is 24.7 Å². The summed E-state index contributed by atoms with van der Waals surface area (Å²) in [6.45, 7) is 8.22. The van der Waals surface area contributed by atoms with Crippen molar-refractivity contribution < 1.29 is 38.1 Å². The van der Waals surface area contributed by atoms with Gasteiger partial charge >= 0.3 is 12.1 Å². The zero-order valence-electron chi connectivity index (χ0n) is 29.4. The number of rotatable bonds is 9. The van der Waals surface area contributed by atoms with Gasteiger partial charge in [-0.15, -0.1) is 0 Å². The van der Waals surface area contributed by atoms with E-state index in [9.17, 15) is 19.2 Å². The van der Waals surface area contributed by atoms with Gasteiger partial charge in [0.2, 0.25) is 11.8 Å². The molecular formula is C35H53N5O8. The Morgan fingerprint density at radius 3 is 2.62 bits per heavy atom. The van der Waals surface area contributed by atoms with Crippen molar-refractivity contribution in [2.45, 2.75) is 83.5 Å². The maximum atomic E-state index is 13.8. The summed E-state index contributed by atoms with van der Waals surface area (Å²) in [6, 6.07) is 3.04. The second kappa shape index (κ2) is 18.0. The van der Waals surface area contributed by atoms with Gasteiger partial charge in [-0.3, -0.25) is 19.7 Å². The van der Waals surface area contributed by atoms with Crippen LogP contribution in [0.1, 0.15) is 77.0 Å². The molecule has 0 aromatic heterocycles. The average molecular weight is 672 g/mol. The summed E-state index contributed by atoms with van der Waals surface area (Å²) in [6.07, 6.45) is 6.55. The van der Waals surface area contributed by atoms with E-state index in [2.05, 4.69) is 28.1 Å². The molecule has 3 unspecified atom stereocenters. The molecule has 0 saturated carbocycles. The van der Waals surface area contributed by atoms with Crippen molar-refractivity contribution in [3.63, 3.8) is 0 Å². The van der Waals surface area contributed by atoms with Crippen molar-refractivity contribution in [1.29, 1.82) is 0 Å². The molecule has 13 nitrogen and oxygen atoms in total. The highest BCUT2D eigenvalue weighted by atomic mass is 16.6. The number of hydrogen-bond acceptors (Lipinski definition) is 10. The van der Waals surface area contributed by atoms with E-state index in [1.807, 2.05) is 13.0 Å². The van der Waals surface area contributed by atoms with Crippen LogP contribution in [0.25, 0.3) is 5.57 Å². The number of hydrogen-bond donors (Lipinski definition) is 4. The quantitative estimate of drug-likeness (QED) is 0.226. The smallest absolute Gasteiger partial charge is 0.407 e. The van der Waals surface area contributed by atoms with Gasteiger partial charge in [0.25, 0.3) is 0 Å². The zero-order valence-corrected chi connectivity index (χ0v) is 29.4. The van der Waals surface area contributed by atoms with Crippen LogP contribution in [0.2, 0.25) is 0 Å². The molecule has 4 bridgehead atoms. The highest BCUT2D eigenvalue weighted by molar-refractivity contribution is 5.91. The molecule has 0 saturated heterocycles. The fraction of sp³-hybridized carbons (Fsp3) is 0.600. The van der Waals surface area contributed by atoms with Gasteiger partial charge in [-0.25, -0.2) is 4.79 Å². The Labute approximate surface area is 283 Å². The lowest BCUT2D eigenvalue weighted by Gasteiger charge is -2.31. The standard InChI is InChI=1S/C35H53N5O8/c1-22-11-12-23-18-25(22)26-20-24(13-14-29(26)45-6)30(31(41)37-16-17-47-21-39-28(19-23)33(43)46-7)40(5)32(42)27(36)10-8-9-15-38-34(44)48-35(2,3)4/h11,13-14,18,20,23,27-28,30,39H,8-10,12,15-17,19,21,36H2,1-7H3,(H,37,41)(H,38,44)/t23?,27?,28-,30?/m0/s1. The minimum Gasteiger partial charge on any atom is -0.496 e. The molecule has 0 radical (unpaired) electrons. The average Bonchev–Trinajstić information content (AvgIpc) is 3.04. The number of fused-ring (bicyclic) bond motifs is 4. The molecule has 48 heavy (non-hydrogen) atoms. The van der Waals surface area contributed by atoms with Crippen molar-refractivity contribution in [3.8, 4) is 5.75 Å². The van der Waals surface area contributed by atoms with Crippen molar-refractivity contribution in [1.82, 2.24) is 20.9 Å². The topological polar surface area (TPSA) is 171 Å². The first-order chi connectivity index (χ1) is 22.7. The Morgan fingerprint density at radius 1 is 1.19 bits per heavy atom. The van der Waals surface area contributed by atoms with Crippen LogP contribution in [0, 0.1) is 5.92 Å². The Morgan fingerprint density at radius 2 is 1.94 bits per heavy atom. The Hall–Kier alpha value is -3.94. The predicted octanol–water partition coefficient (Wildman–Crippen LogP) is 3.19. The largest absolute Gasteiger partial charge is 0.496 e. The van der Waals surface area contributed by atoms with Crippen molar-refractivity contribution in [2.24, 2.45) is 11.7 Å². The van der Waals surface area contributed by atoms with Gasteiger partial charge in [0.1, 0.15) is 23.4 Å². The lowest BCUT2D eigenvalue weighted by molar-refractivity contribution is -0.144. The van der Waals surface area contributed by atoms with Crippen molar-refractivity contribution in [3.05, 3.63) is 47.1 Å². The number of benzene rings is 1. The van der Waals surface area contributed by atoms with Crippen molar-refractivity contribution >= 4 is 29.5 Å². The number of unbranched alkanes of at least 4 members (excludes halogenated alkanes) is 1. The molecular weight excluding hydrogens is 618 g/mol. The monoisotopic (exact) mass is 671 g/mol. The highest BCUT2D eigenvalue weighted by Crippen LogP contribution is 2.39. The Bertz CT molecular complexity index is 1350. The number of likely N-dealkylation sites (N-methyl/N-ethyl adjacent to an activating group) is 1. The minimum absolute atomic E-state index is 0.0160. The molecule has 13 heteroatoms. The van der Waals surface area contributed by atoms with E-state index < -0.39 is 35.7 Å². The number of alkyl carbamates (subject to hydrolysis) is 1. The van der Waals surface area contributed by atoms with Crippen LogP contribution >= 0.6 is 0 Å². The first-order valence-corrected chi connectivity index (χ1v) is 16.5. The van der Waals surface area contributed by atoms with Crippen LogP contribution in [0.4, 0.5) is 4.79 Å². The lowest BCUT2D eigenvalue weighted by atomic mass is 9.83.